The molecule has 0 aromatic carbocycles. The van der Waals surface area contributed by atoms with Gasteiger partial charge in [0.15, 0.2) is 47.5 Å². The topological polar surface area (TPSA) is 303 Å². The van der Waals surface area contributed by atoms with Crippen molar-refractivity contribution in [1.29, 1.82) is 0 Å². The van der Waals surface area contributed by atoms with E-state index in [1.807, 2.05) is 111 Å². The van der Waals surface area contributed by atoms with E-state index in [4.69, 9.17) is 37.9 Å². The molecule has 0 aliphatic carbocycles. The van der Waals surface area contributed by atoms with Crippen molar-refractivity contribution in [2.24, 2.45) is 0 Å². The van der Waals surface area contributed by atoms with E-state index in [1.54, 1.807) is 0 Å². The minimum Gasteiger partial charge on any atom is -0.547 e. The molecule has 21 heteroatoms. The third-order valence-corrected chi connectivity index (χ3v) is 12.5. The van der Waals surface area contributed by atoms with Gasteiger partial charge in [-0.25, -0.2) is 0 Å². The Morgan fingerprint density at radius 2 is 0.403 bits per heavy atom. The molecule has 448 valence electrons. The molecule has 0 rings (SSSR count). The average Bonchev–Trinajstić information content (AvgIpc) is 3.41. The fourth-order valence-corrected chi connectivity index (χ4v) is 7.59. The van der Waals surface area contributed by atoms with E-state index in [0.717, 1.165) is 25.7 Å². The molecule has 0 bridgehead atoms. The Kier molecular flexibility index (Phi) is 51.3. The van der Waals surface area contributed by atoms with Crippen molar-refractivity contribution < 1.29 is 118 Å². The number of ether oxygens (including phenoxy) is 8. The molecule has 0 aromatic heterocycles. The molecule has 0 fully saturated rings. The van der Waals surface area contributed by atoms with Gasteiger partial charge in [0.25, 0.3) is 0 Å². The van der Waals surface area contributed by atoms with Gasteiger partial charge in [0.1, 0.15) is 22.4 Å². The van der Waals surface area contributed by atoms with E-state index in [2.05, 4.69) is 0 Å². The number of carbonyl (C=O) groups excluding carboxylic acids is 8. The first-order valence-corrected chi connectivity index (χ1v) is 28.0. The molecule has 0 saturated carbocycles. The number of hydrogen-bond acceptors (Lipinski definition) is 20. The molecule has 0 saturated heterocycles. The maximum absolute atomic E-state index is 12.4. The van der Waals surface area contributed by atoms with Gasteiger partial charge in [-0.3, -0.25) is 19.2 Å². The minimum absolute atomic E-state index is 0. The summed E-state index contributed by atoms with van der Waals surface area (Å²) >= 11 is 0. The molecular weight excluding hydrogens is 1040 g/mol. The normalized spacial score (nSPS) is 13.1. The first-order chi connectivity index (χ1) is 35.9. The standard InChI is InChI=1S/4C14H26O5.Ti/c4*1-5-9-18-11(13(16)17)12(15)14(7-3,8-4)19-10-6-2;/h4*11H,5-10H2,1-4H3,(H,16,17);/q;;;;+4/p-4. The smallest absolute Gasteiger partial charge is 0.547 e. The summed E-state index contributed by atoms with van der Waals surface area (Å²) in [6, 6.07) is 0. The summed E-state index contributed by atoms with van der Waals surface area (Å²) in [7, 11) is 0. The molecule has 77 heavy (non-hydrogen) atoms. The quantitative estimate of drug-likeness (QED) is 0.0605. The van der Waals surface area contributed by atoms with Crippen LogP contribution >= 0.6 is 0 Å². The van der Waals surface area contributed by atoms with E-state index >= 15 is 0 Å². The van der Waals surface area contributed by atoms with Gasteiger partial charge in [-0.05, 0) is 103 Å². The molecule has 20 nitrogen and oxygen atoms in total. The molecule has 0 aromatic rings. The van der Waals surface area contributed by atoms with Crippen LogP contribution in [0.4, 0.5) is 0 Å². The van der Waals surface area contributed by atoms with Crippen molar-refractivity contribution in [3.63, 3.8) is 0 Å². The predicted molar refractivity (Wildman–Crippen MR) is 278 cm³/mol. The summed E-state index contributed by atoms with van der Waals surface area (Å²) in [5.74, 6) is -8.15. The molecule has 0 aliphatic heterocycles. The van der Waals surface area contributed by atoms with Crippen molar-refractivity contribution in [3.05, 3.63) is 0 Å². The SMILES string of the molecule is CCCOC(C(=O)[O-])C(=O)C(CC)(CC)OCCC.CCCOC(C(=O)[O-])C(=O)C(CC)(CC)OCCC.CCCOC(C(=O)[O-])C(=O)C(CC)(CC)OCCC.CCCOC(C(=O)[O-])C(=O)C(CC)(CC)OCCC.[Ti+4]. The second-order valence-corrected chi connectivity index (χ2v) is 17.9. The Balaban J connectivity index is -0.000000298. The molecule has 4 unspecified atom stereocenters. The Bertz CT molecular complexity index is 1370. The number of ketones is 4. The van der Waals surface area contributed by atoms with E-state index < -0.39 is 93.8 Å². The predicted octanol–water partition coefficient (Wildman–Crippen LogP) is 4.34. The molecule has 0 heterocycles. The van der Waals surface area contributed by atoms with Crippen LogP contribution in [0.25, 0.3) is 0 Å². The zero-order chi connectivity index (χ0) is 59.6. The summed E-state index contributed by atoms with van der Waals surface area (Å²) in [6.45, 7) is 32.1. The van der Waals surface area contributed by atoms with Gasteiger partial charge in [-0.1, -0.05) is 111 Å². The number of aliphatic carboxylic acids is 4. The summed E-state index contributed by atoms with van der Waals surface area (Å²) in [6.07, 6.45) is 2.77. The van der Waals surface area contributed by atoms with Gasteiger partial charge < -0.3 is 77.5 Å². The zero-order valence-corrected chi connectivity index (χ0v) is 51.5. The maximum Gasteiger partial charge on any atom is 4.00 e. The minimum atomic E-state index is -1.54. The van der Waals surface area contributed by atoms with Gasteiger partial charge in [0.05, 0.1) is 23.9 Å². The van der Waals surface area contributed by atoms with E-state index in [1.165, 1.54) is 0 Å². The van der Waals surface area contributed by atoms with Crippen LogP contribution in [-0.2, 0) is 98.0 Å². The maximum atomic E-state index is 12.4. The van der Waals surface area contributed by atoms with Crippen LogP contribution in [-0.4, -0.2) is 147 Å². The van der Waals surface area contributed by atoms with Crippen molar-refractivity contribution in [3.8, 4) is 0 Å². The van der Waals surface area contributed by atoms with Crippen LogP contribution in [0.15, 0.2) is 0 Å². The van der Waals surface area contributed by atoms with Crippen molar-refractivity contribution in [2.45, 2.75) is 260 Å². The summed E-state index contributed by atoms with van der Waals surface area (Å²) in [4.78, 5) is 94.0. The van der Waals surface area contributed by atoms with Gasteiger partial charge in [-0.2, -0.15) is 0 Å². The number of carboxylic acids is 4. The molecule has 4 atom stereocenters. The fraction of sp³-hybridized carbons (Fsp3) is 0.857. The third-order valence-electron chi connectivity index (χ3n) is 12.5. The van der Waals surface area contributed by atoms with Crippen molar-refractivity contribution >= 4 is 47.0 Å². The number of hydrogen-bond donors (Lipinski definition) is 0. The van der Waals surface area contributed by atoms with Crippen LogP contribution < -0.4 is 20.4 Å². The first kappa shape index (κ1) is 82.8. The van der Waals surface area contributed by atoms with Gasteiger partial charge in [0, 0.05) is 52.9 Å². The zero-order valence-electron chi connectivity index (χ0n) is 49.9. The summed E-state index contributed by atoms with van der Waals surface area (Å²) < 4.78 is 43.0. The molecule has 0 radical (unpaired) electrons. The number of carbonyl (C=O) groups is 8. The van der Waals surface area contributed by atoms with Crippen molar-refractivity contribution in [2.75, 3.05) is 52.9 Å². The third kappa shape index (κ3) is 28.8. The van der Waals surface area contributed by atoms with Gasteiger partial charge in [0.2, 0.25) is 0 Å². The number of carboxylic acid groups (broad SMARTS) is 4. The van der Waals surface area contributed by atoms with E-state index in [0.29, 0.717) is 103 Å². The Hall–Kier alpha value is -3.05. The molecule has 0 N–H and O–H groups in total. The summed E-state index contributed by atoms with van der Waals surface area (Å²) in [5, 5.41) is 44.3. The van der Waals surface area contributed by atoms with Crippen LogP contribution in [0.1, 0.15) is 214 Å². The second kappa shape index (κ2) is 47.7. The largest absolute Gasteiger partial charge is 4.00 e. The first-order valence-electron chi connectivity index (χ1n) is 28.0. The monoisotopic (exact) mass is 1140 g/mol. The van der Waals surface area contributed by atoms with Gasteiger partial charge >= 0.3 is 21.7 Å². The van der Waals surface area contributed by atoms with Crippen LogP contribution in [0, 0.1) is 0 Å². The van der Waals surface area contributed by atoms with Crippen LogP contribution in [0.5, 0.6) is 0 Å². The van der Waals surface area contributed by atoms with Gasteiger partial charge in [-0.15, -0.1) is 0 Å². The Morgan fingerprint density at radius 3 is 0.494 bits per heavy atom. The molecule has 0 spiro atoms. The van der Waals surface area contributed by atoms with Crippen LogP contribution in [0.3, 0.4) is 0 Å². The van der Waals surface area contributed by atoms with E-state index in [-0.39, 0.29) is 48.1 Å². The molecule has 0 aliphatic rings. The summed E-state index contributed by atoms with van der Waals surface area (Å²) in [5.41, 5.74) is -4.36. The molecule has 0 amide bonds. The number of rotatable bonds is 44. The average molecular weight is 1140 g/mol. The Labute approximate surface area is 476 Å². The van der Waals surface area contributed by atoms with Crippen molar-refractivity contribution in [1.82, 2.24) is 0 Å². The number of Topliss-reactive ketones (excluding diaryl/α,β-unsaturated/α-hetero) is 4. The van der Waals surface area contributed by atoms with E-state index in [9.17, 15) is 58.8 Å². The fourth-order valence-electron chi connectivity index (χ4n) is 7.59. The second-order valence-electron chi connectivity index (χ2n) is 17.9. The van der Waals surface area contributed by atoms with Crippen LogP contribution in [0.2, 0.25) is 0 Å². The Morgan fingerprint density at radius 1 is 0.273 bits per heavy atom. The molecular formula is C56H100O20Ti.